The van der Waals surface area contributed by atoms with Gasteiger partial charge in [-0.25, -0.2) is 0 Å². The average Bonchev–Trinajstić information content (AvgIpc) is 3.23. The van der Waals surface area contributed by atoms with Gasteiger partial charge in [-0.3, -0.25) is 4.79 Å². The molecule has 2 N–H and O–H groups in total. The van der Waals surface area contributed by atoms with Crippen molar-refractivity contribution in [3.05, 3.63) is 28.2 Å². The number of rotatable bonds is 7. The van der Waals surface area contributed by atoms with Gasteiger partial charge in [0.2, 0.25) is 0 Å². The maximum Gasteiger partial charge on any atom is 0.260 e. The molecule has 1 saturated carbocycles. The second-order valence-electron chi connectivity index (χ2n) is 5.07. The normalized spacial score (nSPS) is 15.8. The molecule has 0 radical (unpaired) electrons. The van der Waals surface area contributed by atoms with E-state index in [-0.39, 0.29) is 5.91 Å². The van der Waals surface area contributed by atoms with Crippen molar-refractivity contribution in [2.45, 2.75) is 45.4 Å². The predicted octanol–water partition coefficient (Wildman–Crippen LogP) is 2.60. The maximum atomic E-state index is 11.6. The summed E-state index contributed by atoms with van der Waals surface area (Å²) in [6, 6.07) is 6.67. The van der Waals surface area contributed by atoms with E-state index >= 15 is 0 Å². The molecule has 1 aliphatic rings. The van der Waals surface area contributed by atoms with Crippen LogP contribution in [-0.4, -0.2) is 24.6 Å². The zero-order chi connectivity index (χ0) is 14.5. The molecule has 1 fully saturated rings. The predicted molar refractivity (Wildman–Crippen MR) is 82.8 cm³/mol. The van der Waals surface area contributed by atoms with Crippen molar-refractivity contribution < 1.29 is 9.53 Å². The monoisotopic (exact) mass is 340 g/mol. The molecular weight excluding hydrogens is 320 g/mol. The van der Waals surface area contributed by atoms with Crippen LogP contribution in [0.15, 0.2) is 22.7 Å². The standard InChI is InChI=1S/C15H21BrN2O2/c1-3-17-15(19)10(2)20-14-7-4-11(8-13(14)16)9-18-12-5-6-12/h4,7-8,10,12,18H,3,5-6,9H2,1-2H3,(H,17,19). The molecule has 1 amide bonds. The third-order valence-electron chi connectivity index (χ3n) is 3.19. The topological polar surface area (TPSA) is 50.4 Å². The summed E-state index contributed by atoms with van der Waals surface area (Å²) in [6.07, 6.45) is 2.07. The van der Waals surface area contributed by atoms with Crippen LogP contribution in [0.1, 0.15) is 32.3 Å². The van der Waals surface area contributed by atoms with Crippen molar-refractivity contribution in [1.82, 2.24) is 10.6 Å². The summed E-state index contributed by atoms with van der Waals surface area (Å²) in [5, 5.41) is 6.22. The second-order valence-corrected chi connectivity index (χ2v) is 5.93. The van der Waals surface area contributed by atoms with E-state index in [4.69, 9.17) is 4.74 Å². The van der Waals surface area contributed by atoms with E-state index in [1.165, 1.54) is 18.4 Å². The van der Waals surface area contributed by atoms with Crippen LogP contribution in [0, 0.1) is 0 Å². The SMILES string of the molecule is CCNC(=O)C(C)Oc1ccc(CNC2CC2)cc1Br. The smallest absolute Gasteiger partial charge is 0.260 e. The summed E-state index contributed by atoms with van der Waals surface area (Å²) in [5.74, 6) is 0.595. The fraction of sp³-hybridized carbons (Fsp3) is 0.533. The van der Waals surface area contributed by atoms with E-state index in [9.17, 15) is 4.79 Å². The molecule has 0 spiro atoms. The van der Waals surface area contributed by atoms with Crippen LogP contribution in [0.3, 0.4) is 0 Å². The van der Waals surface area contributed by atoms with Gasteiger partial charge >= 0.3 is 0 Å². The van der Waals surface area contributed by atoms with Gasteiger partial charge < -0.3 is 15.4 Å². The summed E-state index contributed by atoms with van der Waals surface area (Å²) in [6.45, 7) is 5.12. The van der Waals surface area contributed by atoms with E-state index in [0.717, 1.165) is 11.0 Å². The fourth-order valence-electron chi connectivity index (χ4n) is 1.86. The van der Waals surface area contributed by atoms with Gasteiger partial charge in [0, 0.05) is 19.1 Å². The van der Waals surface area contributed by atoms with Crippen molar-refractivity contribution in [3.63, 3.8) is 0 Å². The number of amides is 1. The Hall–Kier alpha value is -1.07. The summed E-state index contributed by atoms with van der Waals surface area (Å²) in [7, 11) is 0. The van der Waals surface area contributed by atoms with Crippen molar-refractivity contribution in [3.8, 4) is 5.75 Å². The van der Waals surface area contributed by atoms with Crippen molar-refractivity contribution in [2.75, 3.05) is 6.54 Å². The number of hydrogen-bond donors (Lipinski definition) is 2. The van der Waals surface area contributed by atoms with Gasteiger partial charge in [0.25, 0.3) is 5.91 Å². The Morgan fingerprint density at radius 1 is 1.50 bits per heavy atom. The molecule has 0 heterocycles. The van der Waals surface area contributed by atoms with Gasteiger partial charge in [-0.05, 0) is 60.3 Å². The highest BCUT2D eigenvalue weighted by Gasteiger charge is 2.20. The van der Waals surface area contributed by atoms with Gasteiger partial charge in [-0.15, -0.1) is 0 Å². The largest absolute Gasteiger partial charge is 0.480 e. The van der Waals surface area contributed by atoms with Crippen LogP contribution < -0.4 is 15.4 Å². The first kappa shape index (κ1) is 15.3. The number of likely N-dealkylation sites (N-methyl/N-ethyl adjacent to an activating group) is 1. The number of nitrogens with one attached hydrogen (secondary N) is 2. The van der Waals surface area contributed by atoms with E-state index in [0.29, 0.717) is 18.3 Å². The molecule has 20 heavy (non-hydrogen) atoms. The third-order valence-corrected chi connectivity index (χ3v) is 3.81. The van der Waals surface area contributed by atoms with Crippen LogP contribution in [-0.2, 0) is 11.3 Å². The highest BCUT2D eigenvalue weighted by Crippen LogP contribution is 2.27. The quantitative estimate of drug-likeness (QED) is 0.802. The molecule has 1 atom stereocenters. The van der Waals surface area contributed by atoms with E-state index in [2.05, 4.69) is 26.6 Å². The van der Waals surface area contributed by atoms with Gasteiger partial charge in [0.1, 0.15) is 5.75 Å². The molecule has 0 aliphatic heterocycles. The minimum absolute atomic E-state index is 0.0983. The Bertz CT molecular complexity index is 475. The van der Waals surface area contributed by atoms with Crippen LogP contribution in [0.25, 0.3) is 0 Å². The lowest BCUT2D eigenvalue weighted by Crippen LogP contribution is -2.36. The first-order chi connectivity index (χ1) is 9.60. The molecular formula is C15H21BrN2O2. The van der Waals surface area contributed by atoms with Gasteiger partial charge in [0.15, 0.2) is 6.10 Å². The van der Waals surface area contributed by atoms with Crippen LogP contribution in [0.5, 0.6) is 5.75 Å². The molecule has 1 aliphatic carbocycles. The molecule has 0 bridgehead atoms. The number of carbonyl (C=O) groups is 1. The first-order valence-electron chi connectivity index (χ1n) is 7.06. The van der Waals surface area contributed by atoms with Crippen molar-refractivity contribution in [2.24, 2.45) is 0 Å². The lowest BCUT2D eigenvalue weighted by Gasteiger charge is -2.16. The highest BCUT2D eigenvalue weighted by atomic mass is 79.9. The van der Waals surface area contributed by atoms with Crippen LogP contribution >= 0.6 is 15.9 Å². The maximum absolute atomic E-state index is 11.6. The molecule has 5 heteroatoms. The first-order valence-corrected chi connectivity index (χ1v) is 7.85. The Morgan fingerprint density at radius 3 is 2.85 bits per heavy atom. The molecule has 110 valence electrons. The van der Waals surface area contributed by atoms with Gasteiger partial charge in [-0.1, -0.05) is 6.07 Å². The summed E-state index contributed by atoms with van der Waals surface area (Å²) < 4.78 is 6.55. The van der Waals surface area contributed by atoms with Crippen molar-refractivity contribution >= 4 is 21.8 Å². The number of benzene rings is 1. The molecule has 2 rings (SSSR count). The average molecular weight is 341 g/mol. The summed E-state index contributed by atoms with van der Waals surface area (Å²) >= 11 is 3.50. The van der Waals surface area contributed by atoms with Gasteiger partial charge in [-0.2, -0.15) is 0 Å². The number of halogens is 1. The van der Waals surface area contributed by atoms with Crippen molar-refractivity contribution in [1.29, 1.82) is 0 Å². The second kappa shape index (κ2) is 7.09. The molecule has 1 aromatic carbocycles. The molecule has 1 unspecified atom stereocenters. The molecule has 1 aromatic rings. The number of hydrogen-bond acceptors (Lipinski definition) is 3. The number of ether oxygens (including phenoxy) is 1. The van der Waals surface area contributed by atoms with E-state index in [1.807, 2.05) is 25.1 Å². The Kier molecular flexibility index (Phi) is 5.43. The zero-order valence-corrected chi connectivity index (χ0v) is 13.5. The molecule has 0 saturated heterocycles. The van der Waals surface area contributed by atoms with E-state index in [1.54, 1.807) is 6.92 Å². The molecule has 0 aromatic heterocycles. The van der Waals surface area contributed by atoms with Crippen LogP contribution in [0.2, 0.25) is 0 Å². The zero-order valence-electron chi connectivity index (χ0n) is 11.9. The lowest BCUT2D eigenvalue weighted by molar-refractivity contribution is -0.127. The minimum Gasteiger partial charge on any atom is -0.480 e. The lowest BCUT2D eigenvalue weighted by atomic mass is 10.2. The summed E-state index contributed by atoms with van der Waals surface area (Å²) in [4.78, 5) is 11.6. The Labute approximate surface area is 128 Å². The van der Waals surface area contributed by atoms with Gasteiger partial charge in [0.05, 0.1) is 4.47 Å². The number of carbonyl (C=O) groups excluding carboxylic acids is 1. The third kappa shape index (κ3) is 4.49. The molecule has 4 nitrogen and oxygen atoms in total. The summed E-state index contributed by atoms with van der Waals surface area (Å²) in [5.41, 5.74) is 1.21. The fourth-order valence-corrected chi connectivity index (χ4v) is 2.38. The minimum atomic E-state index is -0.498. The van der Waals surface area contributed by atoms with Crippen LogP contribution in [0.4, 0.5) is 0 Å². The Balaban J connectivity index is 1.92. The highest BCUT2D eigenvalue weighted by molar-refractivity contribution is 9.10. The Morgan fingerprint density at radius 2 is 2.25 bits per heavy atom. The van der Waals surface area contributed by atoms with E-state index < -0.39 is 6.10 Å².